The SMILES string of the molecule is Cc1ccc(CC[P+](c2ccccc2)(c2ccccc2)c2ccccc2)o1. The van der Waals surface area contributed by atoms with Crippen LogP contribution in [-0.2, 0) is 6.42 Å². The second-order valence-corrected chi connectivity index (χ2v) is 10.4. The first-order valence-corrected chi connectivity index (χ1v) is 11.4. The van der Waals surface area contributed by atoms with Crippen LogP contribution in [-0.4, -0.2) is 6.16 Å². The highest BCUT2D eigenvalue weighted by Crippen LogP contribution is 2.55. The van der Waals surface area contributed by atoms with E-state index in [1.54, 1.807) is 0 Å². The van der Waals surface area contributed by atoms with Gasteiger partial charge in [-0.05, 0) is 55.5 Å². The zero-order valence-corrected chi connectivity index (χ0v) is 16.5. The lowest BCUT2D eigenvalue weighted by Gasteiger charge is -2.27. The summed E-state index contributed by atoms with van der Waals surface area (Å²) in [5, 5.41) is 4.27. The van der Waals surface area contributed by atoms with Gasteiger partial charge in [0.1, 0.15) is 34.7 Å². The Balaban J connectivity index is 1.88. The average Bonchev–Trinajstić information content (AvgIpc) is 3.16. The smallest absolute Gasteiger partial charge is 0.112 e. The predicted molar refractivity (Wildman–Crippen MR) is 117 cm³/mol. The summed E-state index contributed by atoms with van der Waals surface area (Å²) in [5.74, 6) is 2.05. The van der Waals surface area contributed by atoms with E-state index >= 15 is 0 Å². The van der Waals surface area contributed by atoms with Crippen LogP contribution < -0.4 is 15.9 Å². The molecule has 0 atom stereocenters. The fourth-order valence-electron chi connectivity index (χ4n) is 3.78. The molecule has 0 amide bonds. The van der Waals surface area contributed by atoms with Crippen LogP contribution in [0.3, 0.4) is 0 Å². The van der Waals surface area contributed by atoms with Gasteiger partial charge in [0.25, 0.3) is 0 Å². The van der Waals surface area contributed by atoms with Crippen LogP contribution >= 0.6 is 7.26 Å². The van der Waals surface area contributed by atoms with Gasteiger partial charge in [-0.1, -0.05) is 54.6 Å². The Morgan fingerprint density at radius 1 is 0.593 bits per heavy atom. The quantitative estimate of drug-likeness (QED) is 0.429. The van der Waals surface area contributed by atoms with E-state index in [2.05, 4.69) is 103 Å². The fourth-order valence-corrected chi connectivity index (χ4v) is 8.05. The van der Waals surface area contributed by atoms with Gasteiger partial charge in [0.2, 0.25) is 0 Å². The topological polar surface area (TPSA) is 13.1 Å². The van der Waals surface area contributed by atoms with Gasteiger partial charge in [-0.15, -0.1) is 0 Å². The number of hydrogen-bond acceptors (Lipinski definition) is 1. The molecule has 0 aliphatic carbocycles. The molecule has 27 heavy (non-hydrogen) atoms. The first-order chi connectivity index (χ1) is 13.3. The molecular formula is C25H24OP+. The Morgan fingerprint density at radius 2 is 1.04 bits per heavy atom. The predicted octanol–water partition coefficient (Wildman–Crippen LogP) is 5.12. The number of rotatable bonds is 6. The molecule has 1 heterocycles. The average molecular weight is 371 g/mol. The lowest BCUT2D eigenvalue weighted by molar-refractivity contribution is 0.489. The molecule has 0 saturated heterocycles. The molecule has 1 aromatic heterocycles. The Labute approximate surface area is 162 Å². The van der Waals surface area contributed by atoms with Gasteiger partial charge in [0.15, 0.2) is 0 Å². The zero-order chi connectivity index (χ0) is 18.5. The third kappa shape index (κ3) is 3.61. The van der Waals surface area contributed by atoms with Crippen LogP contribution in [0.4, 0.5) is 0 Å². The van der Waals surface area contributed by atoms with Crippen molar-refractivity contribution in [1.29, 1.82) is 0 Å². The van der Waals surface area contributed by atoms with Gasteiger partial charge >= 0.3 is 0 Å². The Hall–Kier alpha value is -2.63. The van der Waals surface area contributed by atoms with Gasteiger partial charge in [0, 0.05) is 6.42 Å². The Bertz CT molecular complexity index is 878. The van der Waals surface area contributed by atoms with Gasteiger partial charge in [-0.25, -0.2) is 0 Å². The molecule has 0 aliphatic heterocycles. The van der Waals surface area contributed by atoms with Crippen molar-refractivity contribution in [2.45, 2.75) is 13.3 Å². The van der Waals surface area contributed by atoms with Crippen LogP contribution in [0.1, 0.15) is 11.5 Å². The molecule has 134 valence electrons. The standard InChI is InChI=1S/C25H24OP/c1-21-17-18-22(26-21)19-20-27(23-11-5-2-6-12-23,24-13-7-3-8-14-24)25-15-9-4-10-16-25/h2-18H,19-20H2,1H3/q+1. The highest BCUT2D eigenvalue weighted by molar-refractivity contribution is 7.95. The van der Waals surface area contributed by atoms with E-state index < -0.39 is 7.26 Å². The zero-order valence-electron chi connectivity index (χ0n) is 15.6. The molecule has 0 bridgehead atoms. The van der Waals surface area contributed by atoms with Crippen molar-refractivity contribution in [2.24, 2.45) is 0 Å². The summed E-state index contributed by atoms with van der Waals surface area (Å²) in [6.45, 7) is 2.01. The van der Waals surface area contributed by atoms with Gasteiger partial charge in [-0.3, -0.25) is 0 Å². The summed E-state index contributed by atoms with van der Waals surface area (Å²) >= 11 is 0. The molecule has 0 N–H and O–H groups in total. The van der Waals surface area contributed by atoms with E-state index in [4.69, 9.17) is 4.42 Å². The van der Waals surface area contributed by atoms with Crippen LogP contribution in [0.2, 0.25) is 0 Å². The third-order valence-electron chi connectivity index (χ3n) is 5.08. The van der Waals surface area contributed by atoms with Gasteiger partial charge < -0.3 is 4.42 Å². The molecule has 0 aliphatic rings. The Morgan fingerprint density at radius 3 is 1.41 bits per heavy atom. The monoisotopic (exact) mass is 371 g/mol. The van der Waals surface area contributed by atoms with E-state index in [1.165, 1.54) is 15.9 Å². The molecule has 1 nitrogen and oxygen atoms in total. The Kier molecular flexibility index (Phi) is 5.23. The molecule has 0 spiro atoms. The number of aryl methyl sites for hydroxylation is 2. The lowest BCUT2D eigenvalue weighted by atomic mass is 10.3. The largest absolute Gasteiger partial charge is 0.466 e. The van der Waals surface area contributed by atoms with E-state index in [0.717, 1.165) is 24.1 Å². The first kappa shape index (κ1) is 17.8. The summed E-state index contributed by atoms with van der Waals surface area (Å²) in [7, 11) is -1.77. The highest BCUT2D eigenvalue weighted by atomic mass is 31.2. The minimum atomic E-state index is -1.77. The molecule has 2 heteroatoms. The maximum absolute atomic E-state index is 5.90. The van der Waals surface area contributed by atoms with Crippen LogP contribution in [0.25, 0.3) is 0 Å². The molecule has 0 unspecified atom stereocenters. The van der Waals surface area contributed by atoms with E-state index in [-0.39, 0.29) is 0 Å². The molecule has 4 rings (SSSR count). The van der Waals surface area contributed by atoms with Crippen LogP contribution in [0, 0.1) is 6.92 Å². The minimum absolute atomic E-state index is 0.931. The normalized spacial score (nSPS) is 11.4. The van der Waals surface area contributed by atoms with Gasteiger partial charge in [-0.2, -0.15) is 0 Å². The van der Waals surface area contributed by atoms with E-state index in [1.807, 2.05) is 6.92 Å². The van der Waals surface area contributed by atoms with E-state index in [9.17, 15) is 0 Å². The molecule has 0 fully saturated rings. The van der Waals surface area contributed by atoms with Crippen molar-refractivity contribution in [2.75, 3.05) is 6.16 Å². The second kappa shape index (κ2) is 7.94. The molecule has 4 aromatic rings. The first-order valence-electron chi connectivity index (χ1n) is 9.39. The summed E-state index contributed by atoms with van der Waals surface area (Å²) in [5.41, 5.74) is 0. The fraction of sp³-hybridized carbons (Fsp3) is 0.120. The molecular weight excluding hydrogens is 347 g/mol. The summed E-state index contributed by atoms with van der Waals surface area (Å²) < 4.78 is 5.90. The van der Waals surface area contributed by atoms with Crippen molar-refractivity contribution in [3.63, 3.8) is 0 Å². The second-order valence-electron chi connectivity index (χ2n) is 6.80. The van der Waals surface area contributed by atoms with E-state index in [0.29, 0.717) is 0 Å². The maximum Gasteiger partial charge on any atom is 0.112 e. The number of furan rings is 1. The van der Waals surface area contributed by atoms with Crippen LogP contribution in [0.5, 0.6) is 0 Å². The molecule has 3 aromatic carbocycles. The molecule has 0 radical (unpaired) electrons. The summed E-state index contributed by atoms with van der Waals surface area (Å²) in [6.07, 6.45) is 1.98. The van der Waals surface area contributed by atoms with Crippen molar-refractivity contribution in [3.8, 4) is 0 Å². The lowest BCUT2D eigenvalue weighted by Crippen LogP contribution is -2.33. The van der Waals surface area contributed by atoms with Gasteiger partial charge in [0.05, 0.1) is 6.16 Å². The van der Waals surface area contributed by atoms with Crippen LogP contribution in [0.15, 0.2) is 108 Å². The van der Waals surface area contributed by atoms with Crippen molar-refractivity contribution < 1.29 is 4.42 Å². The highest BCUT2D eigenvalue weighted by Gasteiger charge is 2.44. The number of benzene rings is 3. The van der Waals surface area contributed by atoms with Crippen molar-refractivity contribution in [1.82, 2.24) is 0 Å². The summed E-state index contributed by atoms with van der Waals surface area (Å²) in [4.78, 5) is 0. The van der Waals surface area contributed by atoms with Crippen molar-refractivity contribution in [3.05, 3.63) is 115 Å². The molecule has 0 saturated carbocycles. The van der Waals surface area contributed by atoms with Crippen molar-refractivity contribution >= 4 is 23.2 Å². The number of hydrogen-bond donors (Lipinski definition) is 0. The minimum Gasteiger partial charge on any atom is -0.466 e. The summed E-state index contributed by atoms with van der Waals surface area (Å²) in [6, 6.07) is 37.2. The maximum atomic E-state index is 5.90. The third-order valence-corrected chi connectivity index (χ3v) is 9.51.